The molecule has 4 nitrogen and oxygen atoms in total. The average molecular weight is 320 g/mol. The van der Waals surface area contributed by atoms with Crippen LogP contribution < -0.4 is 21.5 Å². The van der Waals surface area contributed by atoms with Gasteiger partial charge in [0.05, 0.1) is 6.54 Å². The zero-order chi connectivity index (χ0) is 16.9. The third kappa shape index (κ3) is 2.52. The van der Waals surface area contributed by atoms with Gasteiger partial charge in [-0.25, -0.2) is 0 Å². The van der Waals surface area contributed by atoms with E-state index in [0.717, 1.165) is 12.0 Å². The van der Waals surface area contributed by atoms with E-state index in [-0.39, 0.29) is 23.5 Å². The van der Waals surface area contributed by atoms with Crippen LogP contribution in [0, 0.1) is 5.92 Å². The number of hydrogen-bond acceptors (Lipinski definition) is 4. The van der Waals surface area contributed by atoms with Crippen molar-refractivity contribution in [3.8, 4) is 0 Å². The topological polar surface area (TPSA) is 63.4 Å². The second-order valence-corrected chi connectivity index (χ2v) is 6.57. The summed E-state index contributed by atoms with van der Waals surface area (Å²) >= 11 is 0. The number of alkyl halides is 2. The van der Waals surface area contributed by atoms with E-state index in [9.17, 15) is 18.4 Å². The van der Waals surface area contributed by atoms with Crippen molar-refractivity contribution in [2.75, 3.05) is 17.2 Å². The first-order chi connectivity index (χ1) is 10.7. The molecule has 1 aliphatic rings. The van der Waals surface area contributed by atoms with Crippen LogP contribution in [0.25, 0.3) is 0 Å². The fraction of sp³-hybridized carbons (Fsp3) is 0.412. The molecule has 122 valence electrons. The number of rotatable bonds is 3. The highest BCUT2D eigenvalue weighted by molar-refractivity contribution is 5.73. The van der Waals surface area contributed by atoms with Crippen LogP contribution in [-0.2, 0) is 18.9 Å². The van der Waals surface area contributed by atoms with E-state index in [1.54, 1.807) is 12.1 Å². The van der Waals surface area contributed by atoms with Gasteiger partial charge in [-0.2, -0.15) is 8.78 Å². The molecule has 0 saturated heterocycles. The molecule has 0 spiro atoms. The predicted molar refractivity (Wildman–Crippen MR) is 85.7 cm³/mol. The number of anilines is 2. The maximum atomic E-state index is 14.4. The van der Waals surface area contributed by atoms with Gasteiger partial charge < -0.3 is 10.6 Å². The Bertz CT molecular complexity index is 836. The monoisotopic (exact) mass is 320 g/mol. The molecule has 0 fully saturated rings. The third-order valence-corrected chi connectivity index (χ3v) is 4.20. The molecular weight excluding hydrogens is 302 g/mol. The Hall–Kier alpha value is -2.24. The molecule has 0 unspecified atom stereocenters. The number of benzene rings is 1. The van der Waals surface area contributed by atoms with Crippen LogP contribution in [0.4, 0.5) is 20.2 Å². The standard InChI is InChI=1S/C17H18F2N2O2/c1-9(2)5-10-3-4-12-11(6-10)7-21(8-17(12,18)19)14-13(20)15(22)16(14)23/h3-4,6,9H,5,7-8,20H2,1-2H3. The Labute approximate surface area is 132 Å². The summed E-state index contributed by atoms with van der Waals surface area (Å²) in [5, 5.41) is 0. The Balaban J connectivity index is 2.00. The SMILES string of the molecule is CC(C)Cc1ccc2c(c1)CN(c1c(N)c(=O)c1=O)CC2(F)F. The lowest BCUT2D eigenvalue weighted by atomic mass is 9.91. The maximum absolute atomic E-state index is 14.4. The molecule has 0 aromatic heterocycles. The predicted octanol–water partition coefficient (Wildman–Crippen LogP) is 2.18. The highest BCUT2D eigenvalue weighted by Crippen LogP contribution is 2.39. The Kier molecular flexibility index (Phi) is 3.50. The molecule has 1 aliphatic heterocycles. The number of nitrogens with two attached hydrogens (primary N) is 1. The minimum Gasteiger partial charge on any atom is -0.394 e. The van der Waals surface area contributed by atoms with Crippen LogP contribution in [-0.4, -0.2) is 6.54 Å². The quantitative estimate of drug-likeness (QED) is 0.881. The summed E-state index contributed by atoms with van der Waals surface area (Å²) < 4.78 is 28.8. The minimum atomic E-state index is -3.09. The van der Waals surface area contributed by atoms with Crippen LogP contribution in [0.5, 0.6) is 0 Å². The number of nitrogens with zero attached hydrogens (tertiary/aromatic N) is 1. The summed E-state index contributed by atoms with van der Waals surface area (Å²) in [6.07, 6.45) is 0.793. The number of fused-ring (bicyclic) bond motifs is 1. The highest BCUT2D eigenvalue weighted by atomic mass is 19.3. The normalized spacial score (nSPS) is 16.8. The van der Waals surface area contributed by atoms with Gasteiger partial charge in [-0.3, -0.25) is 9.59 Å². The summed E-state index contributed by atoms with van der Waals surface area (Å²) in [6.45, 7) is 3.64. The molecule has 0 atom stereocenters. The lowest BCUT2D eigenvalue weighted by Gasteiger charge is -2.36. The van der Waals surface area contributed by atoms with Crippen LogP contribution in [0.1, 0.15) is 30.5 Å². The molecule has 1 heterocycles. The second kappa shape index (κ2) is 5.15. The fourth-order valence-corrected chi connectivity index (χ4v) is 3.19. The van der Waals surface area contributed by atoms with Crippen molar-refractivity contribution < 1.29 is 8.78 Å². The molecule has 6 heteroatoms. The number of nitrogen functional groups attached to an aromatic ring is 1. The molecule has 0 amide bonds. The molecule has 0 saturated carbocycles. The smallest absolute Gasteiger partial charge is 0.290 e. The zero-order valence-electron chi connectivity index (χ0n) is 13.0. The van der Waals surface area contributed by atoms with Gasteiger partial charge in [-0.15, -0.1) is 0 Å². The molecule has 0 bridgehead atoms. The zero-order valence-corrected chi connectivity index (χ0v) is 13.0. The van der Waals surface area contributed by atoms with Gasteiger partial charge in [-0.1, -0.05) is 32.0 Å². The van der Waals surface area contributed by atoms with Crippen molar-refractivity contribution in [3.05, 3.63) is 55.3 Å². The van der Waals surface area contributed by atoms with Crippen molar-refractivity contribution in [1.82, 2.24) is 0 Å². The van der Waals surface area contributed by atoms with Crippen molar-refractivity contribution in [1.29, 1.82) is 0 Å². The minimum absolute atomic E-state index is 0.0153. The fourth-order valence-electron chi connectivity index (χ4n) is 3.19. The summed E-state index contributed by atoms with van der Waals surface area (Å²) in [5.74, 6) is -2.67. The van der Waals surface area contributed by atoms with Gasteiger partial charge in [0, 0.05) is 12.1 Å². The molecule has 2 aromatic carbocycles. The molecule has 23 heavy (non-hydrogen) atoms. The van der Waals surface area contributed by atoms with Crippen LogP contribution in [0.3, 0.4) is 0 Å². The van der Waals surface area contributed by atoms with Crippen molar-refractivity contribution in [2.45, 2.75) is 32.7 Å². The maximum Gasteiger partial charge on any atom is 0.290 e. The second-order valence-electron chi connectivity index (χ2n) is 6.57. The van der Waals surface area contributed by atoms with E-state index in [0.29, 0.717) is 11.5 Å². The van der Waals surface area contributed by atoms with Crippen LogP contribution in [0.15, 0.2) is 27.8 Å². The summed E-state index contributed by atoms with van der Waals surface area (Å²) in [6, 6.07) is 4.96. The van der Waals surface area contributed by atoms with Crippen molar-refractivity contribution >= 4 is 11.4 Å². The number of halogens is 2. The van der Waals surface area contributed by atoms with E-state index < -0.39 is 23.3 Å². The van der Waals surface area contributed by atoms with Gasteiger partial charge in [0.25, 0.3) is 16.8 Å². The van der Waals surface area contributed by atoms with E-state index in [1.807, 2.05) is 0 Å². The Morgan fingerprint density at radius 3 is 2.57 bits per heavy atom. The molecule has 2 N–H and O–H groups in total. The lowest BCUT2D eigenvalue weighted by molar-refractivity contribution is -0.00251. The summed E-state index contributed by atoms with van der Waals surface area (Å²) in [4.78, 5) is 24.1. The average Bonchev–Trinajstić information content (AvgIpc) is 2.45. The Morgan fingerprint density at radius 2 is 1.96 bits per heavy atom. The first kappa shape index (κ1) is 15.6. The Morgan fingerprint density at radius 1 is 1.26 bits per heavy atom. The van der Waals surface area contributed by atoms with E-state index in [1.165, 1.54) is 11.0 Å². The first-order valence-corrected chi connectivity index (χ1v) is 7.54. The van der Waals surface area contributed by atoms with Gasteiger partial charge in [0.2, 0.25) is 0 Å². The van der Waals surface area contributed by atoms with E-state index >= 15 is 0 Å². The largest absolute Gasteiger partial charge is 0.394 e. The molecule has 3 rings (SSSR count). The first-order valence-electron chi connectivity index (χ1n) is 7.54. The van der Waals surface area contributed by atoms with Gasteiger partial charge in [0.1, 0.15) is 11.4 Å². The van der Waals surface area contributed by atoms with Gasteiger partial charge in [-0.05, 0) is 23.5 Å². The summed E-state index contributed by atoms with van der Waals surface area (Å²) in [7, 11) is 0. The molecule has 0 radical (unpaired) electrons. The molecule has 2 aromatic rings. The van der Waals surface area contributed by atoms with Crippen LogP contribution in [0.2, 0.25) is 0 Å². The van der Waals surface area contributed by atoms with E-state index in [2.05, 4.69) is 13.8 Å². The third-order valence-electron chi connectivity index (χ3n) is 4.20. The highest BCUT2D eigenvalue weighted by Gasteiger charge is 2.42. The summed E-state index contributed by atoms with van der Waals surface area (Å²) in [5.41, 5.74) is 5.10. The lowest BCUT2D eigenvalue weighted by Crippen LogP contribution is -2.48. The van der Waals surface area contributed by atoms with E-state index in [4.69, 9.17) is 5.73 Å². The van der Waals surface area contributed by atoms with Gasteiger partial charge >= 0.3 is 0 Å². The molecule has 0 aliphatic carbocycles. The van der Waals surface area contributed by atoms with Crippen LogP contribution >= 0.6 is 0 Å². The molecular formula is C17H18F2N2O2. The van der Waals surface area contributed by atoms with Crippen molar-refractivity contribution in [2.24, 2.45) is 5.92 Å². The van der Waals surface area contributed by atoms with Crippen molar-refractivity contribution in [3.63, 3.8) is 0 Å². The van der Waals surface area contributed by atoms with Gasteiger partial charge in [0.15, 0.2) is 0 Å². The number of hydrogen-bond donors (Lipinski definition) is 1.